The molecule has 31 heavy (non-hydrogen) atoms. The van der Waals surface area contributed by atoms with Crippen LogP contribution < -0.4 is 4.90 Å². The lowest BCUT2D eigenvalue weighted by molar-refractivity contribution is -0.140. The fourth-order valence-electron chi connectivity index (χ4n) is 5.20. The van der Waals surface area contributed by atoms with Gasteiger partial charge in [0.25, 0.3) is 11.7 Å². The number of amides is 1. The summed E-state index contributed by atoms with van der Waals surface area (Å²) in [5, 5.41) is 4.24. The van der Waals surface area contributed by atoms with Crippen LogP contribution in [0.25, 0.3) is 5.78 Å². The van der Waals surface area contributed by atoms with Crippen LogP contribution in [0.1, 0.15) is 37.3 Å². The quantitative estimate of drug-likeness (QED) is 0.627. The molecule has 3 aromatic rings. The summed E-state index contributed by atoms with van der Waals surface area (Å²) in [5.41, 5.74) is -0.406. The highest BCUT2D eigenvalue weighted by Crippen LogP contribution is 2.48. The zero-order chi connectivity index (χ0) is 21.2. The number of fused-ring (bicyclic) bond motifs is 2. The summed E-state index contributed by atoms with van der Waals surface area (Å²) < 4.78 is 35.5. The van der Waals surface area contributed by atoms with Crippen molar-refractivity contribution in [3.05, 3.63) is 54.0 Å². The first-order valence-corrected chi connectivity index (χ1v) is 10.4. The highest BCUT2D eigenvalue weighted by atomic mass is 19.1. The molecule has 3 aliphatic heterocycles. The average Bonchev–Trinajstić information content (AvgIpc) is 3.45. The number of carbonyl (C=O) groups is 1. The number of benzene rings is 1. The molecule has 1 aromatic carbocycles. The van der Waals surface area contributed by atoms with Crippen molar-refractivity contribution in [2.75, 3.05) is 18.0 Å². The van der Waals surface area contributed by atoms with Crippen molar-refractivity contribution in [3.63, 3.8) is 0 Å². The average molecular weight is 426 g/mol. The van der Waals surface area contributed by atoms with Crippen LogP contribution in [0.3, 0.4) is 0 Å². The summed E-state index contributed by atoms with van der Waals surface area (Å²) in [5.74, 6) is 0.0507. The number of anilines is 1. The molecule has 0 unspecified atom stereocenters. The topological polar surface area (TPSA) is 75.9 Å². The molecule has 2 atom stereocenters. The highest BCUT2D eigenvalue weighted by molar-refractivity contribution is 5.88. The van der Waals surface area contributed by atoms with Crippen LogP contribution in [-0.2, 0) is 9.53 Å². The summed E-state index contributed by atoms with van der Waals surface area (Å²) in [6.07, 6.45) is 5.15. The summed E-state index contributed by atoms with van der Waals surface area (Å²) in [4.78, 5) is 25.6. The minimum atomic E-state index is -0.889. The van der Waals surface area contributed by atoms with Crippen molar-refractivity contribution >= 4 is 17.5 Å². The number of halogens is 2. The van der Waals surface area contributed by atoms with Crippen LogP contribution in [0.15, 0.2) is 36.8 Å². The molecule has 0 bridgehead atoms. The van der Waals surface area contributed by atoms with E-state index in [0.717, 1.165) is 11.9 Å². The van der Waals surface area contributed by atoms with Gasteiger partial charge in [-0.15, -0.1) is 0 Å². The van der Waals surface area contributed by atoms with Crippen LogP contribution >= 0.6 is 0 Å². The van der Waals surface area contributed by atoms with Gasteiger partial charge in [0.05, 0.1) is 6.04 Å². The van der Waals surface area contributed by atoms with Gasteiger partial charge in [-0.2, -0.15) is 14.6 Å². The van der Waals surface area contributed by atoms with Gasteiger partial charge in [-0.05, 0) is 36.6 Å². The molecular formula is C21H20F2N6O2. The minimum absolute atomic E-state index is 0.0787. The van der Waals surface area contributed by atoms with Crippen LogP contribution in [0, 0.1) is 11.6 Å². The number of hydrogen-bond acceptors (Lipinski definition) is 6. The standard InChI is InChI=1S/C21H20F2N6O2/c22-14-9-13(10-15(23)11-14)16-1-2-18-28(16)19(30)21(31-18)4-7-27(8-5-21)17-3-6-24-20-25-12-26-29(17)20/h3,6,9-12,16,18H,1-2,4-5,7-8H2/t16-,18+/m0/s1. The largest absolute Gasteiger partial charge is 0.356 e. The molecule has 0 radical (unpaired) electrons. The lowest BCUT2D eigenvalue weighted by Crippen LogP contribution is -2.50. The van der Waals surface area contributed by atoms with Crippen LogP contribution in [-0.4, -0.2) is 55.3 Å². The minimum Gasteiger partial charge on any atom is -0.356 e. The fraction of sp³-hybridized carbons (Fsp3) is 0.429. The molecule has 1 amide bonds. The second-order valence-electron chi connectivity index (χ2n) is 8.34. The number of rotatable bonds is 2. The fourth-order valence-corrected chi connectivity index (χ4v) is 5.20. The van der Waals surface area contributed by atoms with E-state index < -0.39 is 17.2 Å². The Kier molecular flexibility index (Phi) is 4.01. The van der Waals surface area contributed by atoms with Gasteiger partial charge in [0, 0.05) is 38.2 Å². The molecule has 5 heterocycles. The molecule has 2 aromatic heterocycles. The van der Waals surface area contributed by atoms with Crippen LogP contribution in [0.4, 0.5) is 14.6 Å². The predicted octanol–water partition coefficient (Wildman–Crippen LogP) is 2.46. The molecule has 1 spiro atoms. The zero-order valence-electron chi connectivity index (χ0n) is 16.6. The van der Waals surface area contributed by atoms with E-state index in [1.165, 1.54) is 18.5 Å². The number of ether oxygens (including phenoxy) is 1. The number of piperidine rings is 1. The Hall–Kier alpha value is -3.14. The molecule has 6 rings (SSSR count). The van der Waals surface area contributed by atoms with Gasteiger partial charge in [0.1, 0.15) is 30.0 Å². The van der Waals surface area contributed by atoms with Gasteiger partial charge in [-0.1, -0.05) is 0 Å². The van der Waals surface area contributed by atoms with Gasteiger partial charge >= 0.3 is 0 Å². The van der Waals surface area contributed by atoms with Crippen LogP contribution in [0.5, 0.6) is 0 Å². The molecule has 0 aliphatic carbocycles. The molecular weight excluding hydrogens is 406 g/mol. The molecule has 8 nitrogen and oxygen atoms in total. The van der Waals surface area contributed by atoms with Crippen molar-refractivity contribution in [1.29, 1.82) is 0 Å². The third-order valence-corrected chi connectivity index (χ3v) is 6.64. The van der Waals surface area contributed by atoms with E-state index in [2.05, 4.69) is 20.0 Å². The normalized spacial score (nSPS) is 25.0. The second kappa shape index (κ2) is 6.68. The Balaban J connectivity index is 1.24. The Labute approximate surface area is 176 Å². The van der Waals surface area contributed by atoms with Gasteiger partial charge in [0.15, 0.2) is 5.60 Å². The van der Waals surface area contributed by atoms with Gasteiger partial charge in [-0.25, -0.2) is 13.8 Å². The van der Waals surface area contributed by atoms with E-state index in [4.69, 9.17) is 4.74 Å². The van der Waals surface area contributed by atoms with E-state index in [1.54, 1.807) is 15.6 Å². The SMILES string of the molecule is O=C1N2[C@@H](CC[C@H]2c2cc(F)cc(F)c2)OC12CCN(c1ccnc3ncnn13)CC2. The predicted molar refractivity (Wildman–Crippen MR) is 105 cm³/mol. The number of carbonyl (C=O) groups excluding carboxylic acids is 1. The maximum Gasteiger partial charge on any atom is 0.257 e. The maximum atomic E-state index is 13.8. The third-order valence-electron chi connectivity index (χ3n) is 6.64. The van der Waals surface area contributed by atoms with E-state index in [1.807, 2.05) is 6.07 Å². The smallest absolute Gasteiger partial charge is 0.257 e. The van der Waals surface area contributed by atoms with E-state index in [0.29, 0.717) is 50.1 Å². The maximum absolute atomic E-state index is 13.8. The first-order valence-electron chi connectivity index (χ1n) is 10.4. The van der Waals surface area contributed by atoms with Crippen LogP contribution in [0.2, 0.25) is 0 Å². The highest BCUT2D eigenvalue weighted by Gasteiger charge is 2.58. The first kappa shape index (κ1) is 18.6. The zero-order valence-corrected chi connectivity index (χ0v) is 16.6. The second-order valence-corrected chi connectivity index (χ2v) is 8.34. The molecule has 10 heteroatoms. The molecule has 0 saturated carbocycles. The van der Waals surface area contributed by atoms with Crippen molar-refractivity contribution in [2.24, 2.45) is 0 Å². The molecule has 3 aliphatic rings. The van der Waals surface area contributed by atoms with Gasteiger partial charge in [-0.3, -0.25) is 4.79 Å². The molecule has 160 valence electrons. The Bertz CT molecular complexity index is 1160. The van der Waals surface area contributed by atoms with Crippen molar-refractivity contribution in [1.82, 2.24) is 24.5 Å². The van der Waals surface area contributed by atoms with Crippen molar-refractivity contribution < 1.29 is 18.3 Å². The Morgan fingerprint density at radius 1 is 1.06 bits per heavy atom. The first-order chi connectivity index (χ1) is 15.0. The van der Waals surface area contributed by atoms with E-state index in [9.17, 15) is 13.6 Å². The van der Waals surface area contributed by atoms with Gasteiger partial charge < -0.3 is 14.5 Å². The Morgan fingerprint density at radius 3 is 2.61 bits per heavy atom. The number of nitrogens with zero attached hydrogens (tertiary/aromatic N) is 6. The molecule has 3 saturated heterocycles. The monoisotopic (exact) mass is 426 g/mol. The number of hydrogen-bond donors (Lipinski definition) is 0. The van der Waals surface area contributed by atoms with Gasteiger partial charge in [0.2, 0.25) is 0 Å². The van der Waals surface area contributed by atoms with Crippen molar-refractivity contribution in [2.45, 2.75) is 43.6 Å². The van der Waals surface area contributed by atoms with Crippen molar-refractivity contribution in [3.8, 4) is 0 Å². The molecule has 3 fully saturated rings. The summed E-state index contributed by atoms with van der Waals surface area (Å²) in [6, 6.07) is 4.98. The molecule has 0 N–H and O–H groups in total. The summed E-state index contributed by atoms with van der Waals surface area (Å²) in [7, 11) is 0. The Morgan fingerprint density at radius 2 is 1.84 bits per heavy atom. The third kappa shape index (κ3) is 2.81. The summed E-state index contributed by atoms with van der Waals surface area (Å²) >= 11 is 0. The lowest BCUT2D eigenvalue weighted by Gasteiger charge is -2.38. The van der Waals surface area contributed by atoms with E-state index >= 15 is 0 Å². The van der Waals surface area contributed by atoms with E-state index in [-0.39, 0.29) is 18.2 Å². The lowest BCUT2D eigenvalue weighted by atomic mass is 9.89. The summed E-state index contributed by atoms with van der Waals surface area (Å²) in [6.45, 7) is 1.23. The number of aromatic nitrogens is 4.